The minimum absolute atomic E-state index is 0.0927. The molecule has 0 amide bonds. The van der Waals surface area contributed by atoms with Gasteiger partial charge in [0.15, 0.2) is 0 Å². The standard InChI is InChI=1S/C18H21N3/c1-2-14-7-9-15(10-8-14)11-16(19)12-21-13-20-17-5-3-4-6-18(17)21/h3-10,13,16H,2,11-12,19H2,1H3. The summed E-state index contributed by atoms with van der Waals surface area (Å²) in [5.74, 6) is 0. The Hall–Kier alpha value is -2.13. The van der Waals surface area contributed by atoms with E-state index in [-0.39, 0.29) is 6.04 Å². The molecule has 0 saturated heterocycles. The molecule has 1 aromatic heterocycles. The molecule has 0 aliphatic heterocycles. The highest BCUT2D eigenvalue weighted by Gasteiger charge is 2.08. The van der Waals surface area contributed by atoms with Gasteiger partial charge in [0.1, 0.15) is 0 Å². The third-order valence-corrected chi connectivity index (χ3v) is 3.89. The molecule has 3 aromatic rings. The van der Waals surface area contributed by atoms with Gasteiger partial charge in [0.05, 0.1) is 17.4 Å². The first-order valence-corrected chi connectivity index (χ1v) is 7.49. The molecule has 2 aromatic carbocycles. The lowest BCUT2D eigenvalue weighted by molar-refractivity contribution is 0.559. The predicted molar refractivity (Wildman–Crippen MR) is 87.2 cm³/mol. The molecule has 1 unspecified atom stereocenters. The highest BCUT2D eigenvalue weighted by atomic mass is 15.1. The molecular weight excluding hydrogens is 258 g/mol. The molecule has 108 valence electrons. The van der Waals surface area contributed by atoms with E-state index in [0.29, 0.717) is 0 Å². The van der Waals surface area contributed by atoms with Crippen LogP contribution in [0.25, 0.3) is 11.0 Å². The Kier molecular flexibility index (Phi) is 4.02. The number of para-hydroxylation sites is 2. The molecule has 2 N–H and O–H groups in total. The van der Waals surface area contributed by atoms with Crippen LogP contribution < -0.4 is 5.73 Å². The summed E-state index contributed by atoms with van der Waals surface area (Å²) in [6.45, 7) is 2.96. The van der Waals surface area contributed by atoms with Gasteiger partial charge in [0.25, 0.3) is 0 Å². The second kappa shape index (κ2) is 6.10. The van der Waals surface area contributed by atoms with Crippen molar-refractivity contribution in [3.63, 3.8) is 0 Å². The zero-order valence-electron chi connectivity index (χ0n) is 12.4. The maximum Gasteiger partial charge on any atom is 0.0958 e. The Labute approximate surface area is 125 Å². The maximum atomic E-state index is 6.31. The van der Waals surface area contributed by atoms with E-state index in [1.54, 1.807) is 0 Å². The van der Waals surface area contributed by atoms with Gasteiger partial charge in [-0.05, 0) is 36.1 Å². The van der Waals surface area contributed by atoms with Gasteiger partial charge in [-0.15, -0.1) is 0 Å². The molecule has 21 heavy (non-hydrogen) atoms. The average Bonchev–Trinajstić information content (AvgIpc) is 2.91. The number of aryl methyl sites for hydroxylation is 1. The van der Waals surface area contributed by atoms with E-state index in [4.69, 9.17) is 5.73 Å². The lowest BCUT2D eigenvalue weighted by atomic mass is 10.0. The first-order chi connectivity index (χ1) is 10.3. The lowest BCUT2D eigenvalue weighted by Gasteiger charge is -2.13. The molecule has 3 heteroatoms. The van der Waals surface area contributed by atoms with Crippen LogP contribution in [0.3, 0.4) is 0 Å². The molecule has 1 heterocycles. The minimum atomic E-state index is 0.0927. The second-order valence-electron chi connectivity index (χ2n) is 5.52. The summed E-state index contributed by atoms with van der Waals surface area (Å²) in [6.07, 6.45) is 3.84. The van der Waals surface area contributed by atoms with Crippen molar-refractivity contribution < 1.29 is 0 Å². The van der Waals surface area contributed by atoms with Crippen LogP contribution in [0.1, 0.15) is 18.1 Å². The monoisotopic (exact) mass is 279 g/mol. The Morgan fingerprint density at radius 3 is 2.52 bits per heavy atom. The topological polar surface area (TPSA) is 43.8 Å². The number of imidazole rings is 1. The summed E-state index contributed by atoms with van der Waals surface area (Å²) in [7, 11) is 0. The SMILES string of the molecule is CCc1ccc(CC(N)Cn2cnc3ccccc32)cc1. The van der Waals surface area contributed by atoms with Crippen LogP contribution in [0.15, 0.2) is 54.9 Å². The van der Waals surface area contributed by atoms with E-state index in [1.165, 1.54) is 11.1 Å². The first-order valence-electron chi connectivity index (χ1n) is 7.49. The predicted octanol–water partition coefficient (Wildman–Crippen LogP) is 3.17. The van der Waals surface area contributed by atoms with Gasteiger partial charge in [0, 0.05) is 12.6 Å². The number of nitrogens with zero attached hydrogens (tertiary/aromatic N) is 2. The summed E-state index contributed by atoms with van der Waals surface area (Å²) in [5.41, 5.74) is 11.1. The van der Waals surface area contributed by atoms with Crippen molar-refractivity contribution in [1.29, 1.82) is 0 Å². The van der Waals surface area contributed by atoms with Crippen LogP contribution in [0, 0.1) is 0 Å². The fourth-order valence-electron chi connectivity index (χ4n) is 2.69. The molecular formula is C18H21N3. The number of fused-ring (bicyclic) bond motifs is 1. The normalized spacial score (nSPS) is 12.7. The summed E-state index contributed by atoms with van der Waals surface area (Å²) in [4.78, 5) is 4.41. The van der Waals surface area contributed by atoms with Crippen LogP contribution in [0.2, 0.25) is 0 Å². The fraction of sp³-hybridized carbons (Fsp3) is 0.278. The highest BCUT2D eigenvalue weighted by molar-refractivity contribution is 5.74. The average molecular weight is 279 g/mol. The highest BCUT2D eigenvalue weighted by Crippen LogP contribution is 2.13. The molecule has 0 bridgehead atoms. The fourth-order valence-corrected chi connectivity index (χ4v) is 2.69. The number of hydrogen-bond acceptors (Lipinski definition) is 2. The Bertz CT molecular complexity index is 713. The third-order valence-electron chi connectivity index (χ3n) is 3.89. The number of hydrogen-bond donors (Lipinski definition) is 1. The number of benzene rings is 2. The van der Waals surface area contributed by atoms with Gasteiger partial charge in [-0.2, -0.15) is 0 Å². The maximum absolute atomic E-state index is 6.31. The lowest BCUT2D eigenvalue weighted by Crippen LogP contribution is -2.28. The van der Waals surface area contributed by atoms with Gasteiger partial charge in [-0.3, -0.25) is 0 Å². The van der Waals surface area contributed by atoms with E-state index in [1.807, 2.05) is 24.5 Å². The van der Waals surface area contributed by atoms with Crippen molar-refractivity contribution in [3.05, 3.63) is 66.0 Å². The van der Waals surface area contributed by atoms with Crippen molar-refractivity contribution in [1.82, 2.24) is 9.55 Å². The van der Waals surface area contributed by atoms with Gasteiger partial charge >= 0.3 is 0 Å². The largest absolute Gasteiger partial charge is 0.329 e. The number of nitrogens with two attached hydrogens (primary N) is 1. The van der Waals surface area contributed by atoms with E-state index < -0.39 is 0 Å². The zero-order chi connectivity index (χ0) is 14.7. The van der Waals surface area contributed by atoms with Crippen LogP contribution in [-0.4, -0.2) is 15.6 Å². The smallest absolute Gasteiger partial charge is 0.0958 e. The van der Waals surface area contributed by atoms with Crippen molar-refractivity contribution in [2.75, 3.05) is 0 Å². The molecule has 0 aliphatic carbocycles. The Morgan fingerprint density at radius 2 is 1.76 bits per heavy atom. The molecule has 3 rings (SSSR count). The number of rotatable bonds is 5. The van der Waals surface area contributed by atoms with Crippen LogP contribution in [-0.2, 0) is 19.4 Å². The van der Waals surface area contributed by atoms with E-state index in [2.05, 4.69) is 46.8 Å². The van der Waals surface area contributed by atoms with Crippen LogP contribution in [0.5, 0.6) is 0 Å². The molecule has 1 atom stereocenters. The zero-order valence-corrected chi connectivity index (χ0v) is 12.4. The summed E-state index contributed by atoms with van der Waals surface area (Å²) < 4.78 is 2.14. The van der Waals surface area contributed by atoms with Crippen molar-refractivity contribution in [3.8, 4) is 0 Å². The quantitative estimate of drug-likeness (QED) is 0.779. The van der Waals surface area contributed by atoms with Gasteiger partial charge < -0.3 is 10.3 Å². The van der Waals surface area contributed by atoms with Gasteiger partial charge in [-0.25, -0.2) is 4.98 Å². The van der Waals surface area contributed by atoms with E-state index in [0.717, 1.165) is 30.4 Å². The molecule has 0 saturated carbocycles. The number of aromatic nitrogens is 2. The minimum Gasteiger partial charge on any atom is -0.329 e. The van der Waals surface area contributed by atoms with Crippen molar-refractivity contribution >= 4 is 11.0 Å². The molecule has 0 aliphatic rings. The molecule has 0 fully saturated rings. The summed E-state index contributed by atoms with van der Waals surface area (Å²) in [5, 5.41) is 0. The van der Waals surface area contributed by atoms with Gasteiger partial charge in [-0.1, -0.05) is 43.3 Å². The van der Waals surface area contributed by atoms with E-state index >= 15 is 0 Å². The summed E-state index contributed by atoms with van der Waals surface area (Å²) in [6, 6.07) is 17.0. The van der Waals surface area contributed by atoms with Crippen LogP contribution >= 0.6 is 0 Å². The Balaban J connectivity index is 1.69. The molecule has 0 radical (unpaired) electrons. The van der Waals surface area contributed by atoms with Crippen molar-refractivity contribution in [2.45, 2.75) is 32.4 Å². The molecule has 0 spiro atoms. The Morgan fingerprint density at radius 1 is 1.05 bits per heavy atom. The first kappa shape index (κ1) is 13.8. The third kappa shape index (κ3) is 3.14. The second-order valence-corrected chi connectivity index (χ2v) is 5.52. The van der Waals surface area contributed by atoms with Gasteiger partial charge in [0.2, 0.25) is 0 Å². The van der Waals surface area contributed by atoms with E-state index in [9.17, 15) is 0 Å². The van der Waals surface area contributed by atoms with Crippen LogP contribution in [0.4, 0.5) is 0 Å². The molecule has 3 nitrogen and oxygen atoms in total. The van der Waals surface area contributed by atoms with Crippen molar-refractivity contribution in [2.24, 2.45) is 5.73 Å². The summed E-state index contributed by atoms with van der Waals surface area (Å²) >= 11 is 0.